The molecule has 1 aromatic carbocycles. The number of carbonyl (C=O) groups excluding carboxylic acids is 1. The predicted molar refractivity (Wildman–Crippen MR) is 98.5 cm³/mol. The van der Waals surface area contributed by atoms with E-state index < -0.39 is 0 Å². The second-order valence-electron chi connectivity index (χ2n) is 5.36. The Labute approximate surface area is 151 Å². The highest BCUT2D eigenvalue weighted by Gasteiger charge is 2.19. The molecule has 1 atom stereocenters. The fourth-order valence-corrected chi connectivity index (χ4v) is 2.92. The molecule has 0 saturated heterocycles. The minimum Gasteiger partial charge on any atom is -0.493 e. The van der Waals surface area contributed by atoms with Crippen molar-refractivity contribution in [1.29, 1.82) is 0 Å². The summed E-state index contributed by atoms with van der Waals surface area (Å²) in [6, 6.07) is 5.09. The monoisotopic (exact) mass is 365 g/mol. The van der Waals surface area contributed by atoms with Crippen LogP contribution in [0.1, 0.15) is 16.8 Å². The van der Waals surface area contributed by atoms with Crippen molar-refractivity contribution in [2.24, 2.45) is 0 Å². The number of nitrogens with zero attached hydrogens (tertiary/aromatic N) is 1. The first-order valence-electron chi connectivity index (χ1n) is 7.81. The van der Waals surface area contributed by atoms with E-state index in [1.165, 1.54) is 6.20 Å². The van der Waals surface area contributed by atoms with Crippen LogP contribution in [0.15, 0.2) is 24.4 Å². The summed E-state index contributed by atoms with van der Waals surface area (Å²) in [6.07, 6.45) is 4.17. The van der Waals surface area contributed by atoms with Crippen LogP contribution in [0.25, 0.3) is 11.3 Å². The average molecular weight is 365 g/mol. The van der Waals surface area contributed by atoms with E-state index in [9.17, 15) is 9.90 Å². The van der Waals surface area contributed by atoms with Crippen molar-refractivity contribution in [2.75, 3.05) is 32.8 Å². The molecular weight excluding hydrogens is 342 g/mol. The summed E-state index contributed by atoms with van der Waals surface area (Å²) in [5.74, 6) is 1.75. The van der Waals surface area contributed by atoms with Crippen LogP contribution < -0.4 is 14.8 Å². The third kappa shape index (κ3) is 4.67. The van der Waals surface area contributed by atoms with Gasteiger partial charge >= 0.3 is 0 Å². The number of amides is 1. The maximum Gasteiger partial charge on any atom is 0.255 e. The normalized spacial score (nSPS) is 11.8. The van der Waals surface area contributed by atoms with Crippen LogP contribution in [0, 0.1) is 0 Å². The van der Waals surface area contributed by atoms with E-state index in [4.69, 9.17) is 9.47 Å². The van der Waals surface area contributed by atoms with Gasteiger partial charge in [-0.1, -0.05) is 0 Å². The number of carbonyl (C=O) groups is 1. The van der Waals surface area contributed by atoms with E-state index >= 15 is 0 Å². The molecule has 8 heteroatoms. The molecule has 2 rings (SSSR count). The number of aromatic amines is 1. The zero-order valence-corrected chi connectivity index (χ0v) is 15.4. The highest BCUT2D eigenvalue weighted by molar-refractivity contribution is 7.98. The largest absolute Gasteiger partial charge is 0.493 e. The molecule has 7 nitrogen and oxygen atoms in total. The minimum atomic E-state index is -0.284. The molecule has 136 valence electrons. The van der Waals surface area contributed by atoms with Gasteiger partial charge in [0.2, 0.25) is 0 Å². The van der Waals surface area contributed by atoms with Crippen LogP contribution in [0.2, 0.25) is 0 Å². The molecule has 1 amide bonds. The topological polar surface area (TPSA) is 96.5 Å². The minimum absolute atomic E-state index is 0.101. The molecular formula is C17H23N3O4S. The fraction of sp³-hybridized carbons (Fsp3) is 0.412. The number of benzene rings is 1. The maximum absolute atomic E-state index is 12.6. The van der Waals surface area contributed by atoms with Crippen molar-refractivity contribution in [2.45, 2.75) is 12.5 Å². The molecule has 1 aromatic heterocycles. The number of methoxy groups -OCH3 is 2. The molecule has 25 heavy (non-hydrogen) atoms. The van der Waals surface area contributed by atoms with Crippen molar-refractivity contribution in [3.63, 3.8) is 0 Å². The number of aliphatic hydroxyl groups excluding tert-OH is 1. The van der Waals surface area contributed by atoms with Gasteiger partial charge in [0, 0.05) is 5.56 Å². The summed E-state index contributed by atoms with van der Waals surface area (Å²) >= 11 is 1.67. The number of thioether (sulfide) groups is 1. The summed E-state index contributed by atoms with van der Waals surface area (Å²) in [6.45, 7) is -0.101. The number of H-pyrrole nitrogens is 1. The molecule has 0 aliphatic carbocycles. The summed E-state index contributed by atoms with van der Waals surface area (Å²) in [7, 11) is 3.12. The third-order valence-corrected chi connectivity index (χ3v) is 4.43. The molecule has 1 heterocycles. The highest BCUT2D eigenvalue weighted by atomic mass is 32.2. The SMILES string of the molecule is COc1ccc(-c2[nH]ncc2C(=O)N[C@H](CO)CCSC)cc1OC. The first kappa shape index (κ1) is 19.1. The lowest BCUT2D eigenvalue weighted by molar-refractivity contribution is 0.0916. The Morgan fingerprint density at radius 3 is 2.76 bits per heavy atom. The lowest BCUT2D eigenvalue weighted by Crippen LogP contribution is -2.38. The molecule has 0 saturated carbocycles. The van der Waals surface area contributed by atoms with Crippen molar-refractivity contribution in [3.8, 4) is 22.8 Å². The van der Waals surface area contributed by atoms with Gasteiger partial charge in [-0.05, 0) is 36.6 Å². The number of rotatable bonds is 9. The van der Waals surface area contributed by atoms with Crippen LogP contribution in [0.5, 0.6) is 11.5 Å². The second kappa shape index (κ2) is 9.33. The van der Waals surface area contributed by atoms with Gasteiger partial charge in [-0.15, -0.1) is 0 Å². The number of aliphatic hydroxyl groups is 1. The fourth-order valence-electron chi connectivity index (χ4n) is 2.40. The number of hydrogen-bond donors (Lipinski definition) is 3. The molecule has 0 bridgehead atoms. The van der Waals surface area contributed by atoms with Crippen LogP contribution in [0.3, 0.4) is 0 Å². The molecule has 3 N–H and O–H groups in total. The maximum atomic E-state index is 12.6. The van der Waals surface area contributed by atoms with E-state index in [0.717, 1.165) is 11.3 Å². The summed E-state index contributed by atoms with van der Waals surface area (Å²) in [5.41, 5.74) is 1.75. The van der Waals surface area contributed by atoms with Crippen molar-refractivity contribution in [1.82, 2.24) is 15.5 Å². The molecule has 0 spiro atoms. The second-order valence-corrected chi connectivity index (χ2v) is 6.35. The number of nitrogens with one attached hydrogen (secondary N) is 2. The van der Waals surface area contributed by atoms with Gasteiger partial charge in [-0.25, -0.2) is 0 Å². The summed E-state index contributed by atoms with van der Waals surface area (Å²) in [5, 5.41) is 19.1. The Kier molecular flexibility index (Phi) is 7.15. The molecule has 0 unspecified atom stereocenters. The van der Waals surface area contributed by atoms with Gasteiger partial charge < -0.3 is 19.9 Å². The van der Waals surface area contributed by atoms with Crippen molar-refractivity contribution >= 4 is 17.7 Å². The molecule has 0 radical (unpaired) electrons. The quantitative estimate of drug-likeness (QED) is 0.628. The van der Waals surface area contributed by atoms with Gasteiger partial charge in [-0.3, -0.25) is 9.89 Å². The molecule has 0 aliphatic rings. The Balaban J connectivity index is 2.23. The highest BCUT2D eigenvalue weighted by Crippen LogP contribution is 2.32. The van der Waals surface area contributed by atoms with Crippen LogP contribution in [-0.2, 0) is 0 Å². The van der Waals surface area contributed by atoms with E-state index in [1.807, 2.05) is 12.3 Å². The lowest BCUT2D eigenvalue weighted by Gasteiger charge is -2.16. The van der Waals surface area contributed by atoms with Crippen LogP contribution in [0.4, 0.5) is 0 Å². The van der Waals surface area contributed by atoms with E-state index in [-0.39, 0.29) is 18.6 Å². The third-order valence-electron chi connectivity index (χ3n) is 3.78. The van der Waals surface area contributed by atoms with Crippen molar-refractivity contribution < 1.29 is 19.4 Å². The Bertz CT molecular complexity index is 705. The first-order valence-corrected chi connectivity index (χ1v) is 9.20. The Morgan fingerprint density at radius 2 is 2.12 bits per heavy atom. The van der Waals surface area contributed by atoms with Crippen molar-refractivity contribution in [3.05, 3.63) is 30.0 Å². The van der Waals surface area contributed by atoms with E-state index in [1.54, 1.807) is 38.1 Å². The van der Waals surface area contributed by atoms with Gasteiger partial charge in [0.25, 0.3) is 5.91 Å². The smallest absolute Gasteiger partial charge is 0.255 e. The number of ether oxygens (including phenoxy) is 2. The van der Waals surface area contributed by atoms with E-state index in [0.29, 0.717) is 29.2 Å². The van der Waals surface area contributed by atoms with Gasteiger partial charge in [0.05, 0.1) is 44.3 Å². The summed E-state index contributed by atoms with van der Waals surface area (Å²) < 4.78 is 10.5. The molecule has 0 aliphatic heterocycles. The molecule has 0 fully saturated rings. The Morgan fingerprint density at radius 1 is 1.36 bits per heavy atom. The average Bonchev–Trinajstić information content (AvgIpc) is 3.14. The Hall–Kier alpha value is -2.19. The number of aromatic nitrogens is 2. The number of hydrogen-bond acceptors (Lipinski definition) is 6. The van der Waals surface area contributed by atoms with Crippen LogP contribution in [-0.4, -0.2) is 60.1 Å². The first-order chi connectivity index (χ1) is 12.1. The standard InChI is InChI=1S/C17H23N3O4S/c1-23-14-5-4-11(8-15(14)24-2)16-13(9-18-20-16)17(22)19-12(10-21)6-7-25-3/h4-5,8-9,12,21H,6-7,10H2,1-3H3,(H,18,20)(H,19,22)/t12-/m0/s1. The lowest BCUT2D eigenvalue weighted by atomic mass is 10.1. The van der Waals surface area contributed by atoms with Crippen LogP contribution >= 0.6 is 11.8 Å². The zero-order valence-electron chi connectivity index (χ0n) is 14.5. The summed E-state index contributed by atoms with van der Waals surface area (Å²) in [4.78, 5) is 12.6. The van der Waals surface area contributed by atoms with Gasteiger partial charge in [0.1, 0.15) is 0 Å². The zero-order chi connectivity index (χ0) is 18.2. The molecule has 2 aromatic rings. The van der Waals surface area contributed by atoms with Gasteiger partial charge in [-0.2, -0.15) is 16.9 Å². The van der Waals surface area contributed by atoms with E-state index in [2.05, 4.69) is 15.5 Å². The van der Waals surface area contributed by atoms with Gasteiger partial charge in [0.15, 0.2) is 11.5 Å². The predicted octanol–water partition coefficient (Wildman–Crippen LogP) is 1.94.